The minimum Gasteiger partial charge on any atom is -0.317 e. The normalized spacial score (nSPS) is 26.4. The van der Waals surface area contributed by atoms with Crippen molar-refractivity contribution in [3.05, 3.63) is 0 Å². The van der Waals surface area contributed by atoms with Gasteiger partial charge in [-0.25, -0.2) is 0 Å². The third-order valence-corrected chi connectivity index (χ3v) is 5.77. The van der Waals surface area contributed by atoms with Gasteiger partial charge in [-0.2, -0.15) is 0 Å². The first-order valence-corrected chi connectivity index (χ1v) is 9.86. The highest BCUT2D eigenvalue weighted by Gasteiger charge is 2.30. The van der Waals surface area contributed by atoms with E-state index < -0.39 is 0 Å². The second-order valence-corrected chi connectivity index (χ2v) is 7.74. The molecule has 0 heterocycles. The van der Waals surface area contributed by atoms with Gasteiger partial charge in [0.05, 0.1) is 0 Å². The van der Waals surface area contributed by atoms with Crippen LogP contribution in [0.4, 0.5) is 0 Å². The van der Waals surface area contributed by atoms with Crippen molar-refractivity contribution in [3.63, 3.8) is 0 Å². The smallest absolute Gasteiger partial charge is 0.00925 e. The van der Waals surface area contributed by atoms with E-state index in [4.69, 9.17) is 0 Å². The molecule has 1 N–H and O–H groups in total. The number of nitrogens with one attached hydrogen (secondary N) is 1. The van der Waals surface area contributed by atoms with Crippen molar-refractivity contribution < 1.29 is 0 Å². The van der Waals surface area contributed by atoms with Gasteiger partial charge in [-0.05, 0) is 50.5 Å². The Bertz CT molecular complexity index is 236. The van der Waals surface area contributed by atoms with Crippen molar-refractivity contribution in [2.75, 3.05) is 7.05 Å². The molecular formula is C20H41N. The van der Waals surface area contributed by atoms with Crippen molar-refractivity contribution >= 4 is 0 Å². The Morgan fingerprint density at radius 1 is 0.905 bits per heavy atom. The van der Waals surface area contributed by atoms with E-state index in [2.05, 4.69) is 33.1 Å². The average molecular weight is 296 g/mol. The molecule has 0 amide bonds. The molecule has 1 saturated carbocycles. The van der Waals surface area contributed by atoms with Crippen LogP contribution in [0.25, 0.3) is 0 Å². The summed E-state index contributed by atoms with van der Waals surface area (Å²) in [5.41, 5.74) is 0. The molecule has 3 unspecified atom stereocenters. The molecule has 1 heteroatoms. The summed E-state index contributed by atoms with van der Waals surface area (Å²) in [5, 5.41) is 3.59. The van der Waals surface area contributed by atoms with Crippen LogP contribution >= 0.6 is 0 Å². The molecule has 0 aliphatic heterocycles. The predicted octanol–water partition coefficient (Wildman–Crippen LogP) is 6.18. The minimum atomic E-state index is 0.796. The van der Waals surface area contributed by atoms with E-state index in [0.717, 1.165) is 23.8 Å². The zero-order valence-corrected chi connectivity index (χ0v) is 15.3. The first-order valence-electron chi connectivity index (χ1n) is 9.86. The lowest BCUT2D eigenvalue weighted by Gasteiger charge is -2.38. The van der Waals surface area contributed by atoms with Crippen LogP contribution in [-0.2, 0) is 0 Å². The topological polar surface area (TPSA) is 12.0 Å². The van der Waals surface area contributed by atoms with E-state index in [0.29, 0.717) is 0 Å². The Kier molecular flexibility index (Phi) is 10.4. The summed E-state index contributed by atoms with van der Waals surface area (Å²) in [6.45, 7) is 7.13. The van der Waals surface area contributed by atoms with E-state index in [1.165, 1.54) is 77.0 Å². The largest absolute Gasteiger partial charge is 0.317 e. The summed E-state index contributed by atoms with van der Waals surface area (Å²) in [6, 6.07) is 0.796. The van der Waals surface area contributed by atoms with Crippen molar-refractivity contribution in [2.24, 2.45) is 17.8 Å². The van der Waals surface area contributed by atoms with Crippen LogP contribution in [0, 0.1) is 17.8 Å². The van der Waals surface area contributed by atoms with E-state index in [1.54, 1.807) is 0 Å². The van der Waals surface area contributed by atoms with Gasteiger partial charge in [-0.15, -0.1) is 0 Å². The number of hydrogen-bond donors (Lipinski definition) is 1. The quantitative estimate of drug-likeness (QED) is 0.449. The van der Waals surface area contributed by atoms with Crippen LogP contribution in [0.1, 0.15) is 97.8 Å². The molecule has 0 aromatic carbocycles. The second-order valence-electron chi connectivity index (χ2n) is 7.74. The first kappa shape index (κ1) is 19.0. The summed E-state index contributed by atoms with van der Waals surface area (Å²) in [6.07, 6.45) is 17.4. The Morgan fingerprint density at radius 3 is 2.10 bits per heavy atom. The van der Waals surface area contributed by atoms with E-state index in [9.17, 15) is 0 Å². The van der Waals surface area contributed by atoms with Crippen LogP contribution in [0.2, 0.25) is 0 Å². The summed E-state index contributed by atoms with van der Waals surface area (Å²) < 4.78 is 0. The molecule has 3 atom stereocenters. The predicted molar refractivity (Wildman–Crippen MR) is 95.7 cm³/mol. The first-order chi connectivity index (χ1) is 10.2. The molecule has 126 valence electrons. The average Bonchev–Trinajstić information content (AvgIpc) is 2.49. The Morgan fingerprint density at radius 2 is 1.52 bits per heavy atom. The van der Waals surface area contributed by atoms with E-state index in [1.807, 2.05) is 0 Å². The van der Waals surface area contributed by atoms with Gasteiger partial charge in [0.15, 0.2) is 0 Å². The lowest BCUT2D eigenvalue weighted by Crippen LogP contribution is -2.39. The molecule has 1 nitrogen and oxygen atoms in total. The highest BCUT2D eigenvalue weighted by atomic mass is 14.9. The Balaban J connectivity index is 2.13. The van der Waals surface area contributed by atoms with Crippen LogP contribution in [0.15, 0.2) is 0 Å². The summed E-state index contributed by atoms with van der Waals surface area (Å²) >= 11 is 0. The fourth-order valence-electron chi connectivity index (χ4n) is 4.15. The van der Waals surface area contributed by atoms with Crippen LogP contribution < -0.4 is 5.32 Å². The molecule has 1 fully saturated rings. The Hall–Kier alpha value is -0.0400. The summed E-state index contributed by atoms with van der Waals surface area (Å²) in [5.74, 6) is 2.80. The molecule has 1 aliphatic carbocycles. The van der Waals surface area contributed by atoms with Gasteiger partial charge in [0.1, 0.15) is 0 Å². The maximum atomic E-state index is 3.59. The lowest BCUT2D eigenvalue weighted by atomic mass is 9.72. The van der Waals surface area contributed by atoms with Crippen molar-refractivity contribution in [1.82, 2.24) is 5.32 Å². The molecule has 0 aromatic heterocycles. The Labute approximate surface area is 134 Å². The third-order valence-electron chi connectivity index (χ3n) is 5.77. The molecule has 0 spiro atoms. The standard InChI is InChI=1S/C20H41N/c1-5-6-7-8-9-10-11-12-13-19-16-18(17(2)3)14-15-20(19)21-4/h17-21H,5-16H2,1-4H3. The molecule has 0 bridgehead atoms. The van der Waals surface area contributed by atoms with Gasteiger partial charge < -0.3 is 5.32 Å². The number of unbranched alkanes of at least 4 members (excludes halogenated alkanes) is 7. The molecule has 0 radical (unpaired) electrons. The maximum Gasteiger partial charge on any atom is 0.00925 e. The molecule has 0 saturated heterocycles. The molecule has 0 aromatic rings. The lowest BCUT2D eigenvalue weighted by molar-refractivity contribution is 0.163. The van der Waals surface area contributed by atoms with E-state index >= 15 is 0 Å². The van der Waals surface area contributed by atoms with Gasteiger partial charge in [0.2, 0.25) is 0 Å². The fourth-order valence-corrected chi connectivity index (χ4v) is 4.15. The van der Waals surface area contributed by atoms with Gasteiger partial charge in [0.25, 0.3) is 0 Å². The number of rotatable bonds is 11. The van der Waals surface area contributed by atoms with E-state index in [-0.39, 0.29) is 0 Å². The van der Waals surface area contributed by atoms with Gasteiger partial charge >= 0.3 is 0 Å². The summed E-state index contributed by atoms with van der Waals surface area (Å²) in [4.78, 5) is 0. The fraction of sp³-hybridized carbons (Fsp3) is 1.00. The molecule has 21 heavy (non-hydrogen) atoms. The van der Waals surface area contributed by atoms with Crippen molar-refractivity contribution in [1.29, 1.82) is 0 Å². The molecule has 1 rings (SSSR count). The maximum absolute atomic E-state index is 3.59. The SMILES string of the molecule is CCCCCCCCCCC1CC(C(C)C)CCC1NC. The zero-order valence-electron chi connectivity index (χ0n) is 15.3. The highest BCUT2D eigenvalue weighted by molar-refractivity contribution is 4.85. The van der Waals surface area contributed by atoms with Crippen molar-refractivity contribution in [3.8, 4) is 0 Å². The van der Waals surface area contributed by atoms with Crippen LogP contribution in [0.5, 0.6) is 0 Å². The third kappa shape index (κ3) is 7.68. The second kappa shape index (κ2) is 11.5. The molecular weight excluding hydrogens is 254 g/mol. The van der Waals surface area contributed by atoms with Gasteiger partial charge in [0, 0.05) is 6.04 Å². The van der Waals surface area contributed by atoms with Crippen molar-refractivity contribution in [2.45, 2.75) is 104 Å². The molecule has 1 aliphatic rings. The summed E-state index contributed by atoms with van der Waals surface area (Å²) in [7, 11) is 2.17. The zero-order chi connectivity index (χ0) is 15.5. The minimum absolute atomic E-state index is 0.796. The van der Waals surface area contributed by atoms with Gasteiger partial charge in [-0.1, -0.05) is 72.1 Å². The van der Waals surface area contributed by atoms with Crippen LogP contribution in [0.3, 0.4) is 0 Å². The number of hydrogen-bond acceptors (Lipinski definition) is 1. The van der Waals surface area contributed by atoms with Crippen LogP contribution in [-0.4, -0.2) is 13.1 Å². The highest BCUT2D eigenvalue weighted by Crippen LogP contribution is 2.36. The monoisotopic (exact) mass is 295 g/mol. The van der Waals surface area contributed by atoms with Gasteiger partial charge in [-0.3, -0.25) is 0 Å².